The molecule has 2 aromatic rings. The zero-order chi connectivity index (χ0) is 12.3. The highest BCUT2D eigenvalue weighted by Crippen LogP contribution is 2.58. The number of rotatable bonds is 2. The van der Waals surface area contributed by atoms with E-state index in [1.54, 1.807) is 12.5 Å². The van der Waals surface area contributed by atoms with Gasteiger partial charge < -0.3 is 15.0 Å². The van der Waals surface area contributed by atoms with Gasteiger partial charge in [0.1, 0.15) is 5.52 Å². The van der Waals surface area contributed by atoms with E-state index >= 15 is 0 Å². The monoisotopic (exact) mass is 245 g/mol. The number of cyclic esters (lactones) is 1. The molecule has 2 N–H and O–H groups in total. The predicted molar refractivity (Wildman–Crippen MR) is 61.2 cm³/mol. The Morgan fingerprint density at radius 1 is 1.56 bits per heavy atom. The summed E-state index contributed by atoms with van der Waals surface area (Å²) in [6, 6.07) is 0. The molecule has 1 aliphatic heterocycles. The van der Waals surface area contributed by atoms with Gasteiger partial charge in [0.15, 0.2) is 5.65 Å². The van der Waals surface area contributed by atoms with Crippen molar-refractivity contribution in [1.82, 2.24) is 19.5 Å². The first-order chi connectivity index (χ1) is 8.69. The molecule has 0 unspecified atom stereocenters. The van der Waals surface area contributed by atoms with E-state index < -0.39 is 0 Å². The van der Waals surface area contributed by atoms with Gasteiger partial charge in [-0.05, 0) is 6.42 Å². The van der Waals surface area contributed by atoms with E-state index in [2.05, 4.69) is 15.0 Å². The highest BCUT2D eigenvalue weighted by Gasteiger charge is 2.66. The number of imidazole rings is 1. The van der Waals surface area contributed by atoms with Crippen LogP contribution in [0.5, 0.6) is 0 Å². The fourth-order valence-corrected chi connectivity index (χ4v) is 2.72. The quantitative estimate of drug-likeness (QED) is 0.746. The fourth-order valence-electron chi connectivity index (χ4n) is 2.72. The molecule has 0 radical (unpaired) electrons. The third-order valence-corrected chi connectivity index (χ3v) is 3.90. The van der Waals surface area contributed by atoms with E-state index in [0.717, 1.165) is 11.9 Å². The van der Waals surface area contributed by atoms with Crippen molar-refractivity contribution >= 4 is 23.1 Å². The number of nitrogens with zero attached hydrogens (tertiary/aromatic N) is 4. The van der Waals surface area contributed by atoms with E-state index in [-0.39, 0.29) is 17.3 Å². The van der Waals surface area contributed by atoms with Crippen molar-refractivity contribution in [2.75, 3.05) is 12.3 Å². The number of carbonyl (C=O) groups is 1. The van der Waals surface area contributed by atoms with Crippen LogP contribution >= 0.6 is 0 Å². The molecule has 0 spiro atoms. The lowest BCUT2D eigenvalue weighted by atomic mass is 10.1. The van der Waals surface area contributed by atoms with Crippen LogP contribution in [0.3, 0.4) is 0 Å². The van der Waals surface area contributed by atoms with Gasteiger partial charge in [-0.2, -0.15) is 4.98 Å². The van der Waals surface area contributed by atoms with Crippen molar-refractivity contribution in [2.24, 2.45) is 11.3 Å². The summed E-state index contributed by atoms with van der Waals surface area (Å²) in [5, 5.41) is 0. The minimum absolute atomic E-state index is 0.0919. The Kier molecular flexibility index (Phi) is 1.62. The van der Waals surface area contributed by atoms with Crippen LogP contribution in [0.2, 0.25) is 0 Å². The van der Waals surface area contributed by atoms with E-state index in [9.17, 15) is 4.79 Å². The number of nitrogen functional groups attached to an aromatic ring is 1. The molecule has 2 atom stereocenters. The van der Waals surface area contributed by atoms with Crippen molar-refractivity contribution in [1.29, 1.82) is 0 Å². The Labute approximate surface area is 102 Å². The van der Waals surface area contributed by atoms with Crippen molar-refractivity contribution in [3.8, 4) is 0 Å². The van der Waals surface area contributed by atoms with Crippen LogP contribution in [0.4, 0.5) is 5.95 Å². The molecule has 2 aliphatic rings. The summed E-state index contributed by atoms with van der Waals surface area (Å²) in [5.41, 5.74) is 6.52. The Morgan fingerprint density at radius 3 is 3.17 bits per heavy atom. The molecule has 92 valence electrons. The zero-order valence-corrected chi connectivity index (χ0v) is 9.54. The van der Waals surface area contributed by atoms with Crippen LogP contribution in [-0.2, 0) is 16.1 Å². The third kappa shape index (κ3) is 1.13. The maximum atomic E-state index is 11.7. The van der Waals surface area contributed by atoms with E-state index in [1.165, 1.54) is 0 Å². The molecule has 1 saturated heterocycles. The minimum atomic E-state index is -0.338. The minimum Gasteiger partial charge on any atom is -0.465 e. The van der Waals surface area contributed by atoms with Gasteiger partial charge in [-0.1, -0.05) is 0 Å². The summed E-state index contributed by atoms with van der Waals surface area (Å²) in [6.07, 6.45) is 4.22. The normalized spacial score (nSPS) is 29.3. The Morgan fingerprint density at radius 2 is 2.44 bits per heavy atom. The lowest BCUT2D eigenvalue weighted by Crippen LogP contribution is -2.20. The number of esters is 1. The summed E-state index contributed by atoms with van der Waals surface area (Å²) >= 11 is 0. The zero-order valence-electron chi connectivity index (χ0n) is 9.54. The summed E-state index contributed by atoms with van der Waals surface area (Å²) in [4.78, 5) is 23.9. The van der Waals surface area contributed by atoms with Gasteiger partial charge in [0.05, 0.1) is 24.5 Å². The molecule has 18 heavy (non-hydrogen) atoms. The average Bonchev–Trinajstić information content (AvgIpc) is 2.80. The number of nitrogens with two attached hydrogens (primary N) is 1. The highest BCUT2D eigenvalue weighted by molar-refractivity contribution is 5.83. The molecule has 3 heterocycles. The maximum absolute atomic E-state index is 11.7. The standard InChI is InChI=1S/C11H11N5O2/c12-10-13-2-7-8(15-10)14-5-16(7)4-11-1-6(11)3-18-9(11)17/h2,5-6H,1,3-4H2,(H2,12,13,15)/t6-,11+/m0/s1. The lowest BCUT2D eigenvalue weighted by Gasteiger charge is -2.10. The smallest absolute Gasteiger partial charge is 0.314 e. The number of hydrogen-bond donors (Lipinski definition) is 1. The van der Waals surface area contributed by atoms with Gasteiger partial charge >= 0.3 is 5.97 Å². The van der Waals surface area contributed by atoms with Gasteiger partial charge in [-0.25, -0.2) is 9.97 Å². The summed E-state index contributed by atoms with van der Waals surface area (Å²) in [5.74, 6) is 0.471. The Hall–Kier alpha value is -2.18. The molecule has 0 amide bonds. The molecule has 0 bridgehead atoms. The van der Waals surface area contributed by atoms with E-state index in [4.69, 9.17) is 10.5 Å². The molecule has 4 rings (SSSR count). The van der Waals surface area contributed by atoms with Gasteiger partial charge in [0.25, 0.3) is 0 Å². The third-order valence-electron chi connectivity index (χ3n) is 3.90. The van der Waals surface area contributed by atoms with Crippen LogP contribution in [0.1, 0.15) is 6.42 Å². The second-order valence-electron chi connectivity index (χ2n) is 4.97. The van der Waals surface area contributed by atoms with Crippen LogP contribution < -0.4 is 5.73 Å². The second kappa shape index (κ2) is 2.98. The molecular weight excluding hydrogens is 234 g/mol. The first kappa shape index (κ1) is 9.81. The number of hydrogen-bond acceptors (Lipinski definition) is 6. The van der Waals surface area contributed by atoms with Crippen molar-refractivity contribution in [2.45, 2.75) is 13.0 Å². The Balaban J connectivity index is 1.74. The van der Waals surface area contributed by atoms with Crippen LogP contribution in [0.25, 0.3) is 11.2 Å². The largest absolute Gasteiger partial charge is 0.465 e. The van der Waals surface area contributed by atoms with Crippen LogP contribution in [0.15, 0.2) is 12.5 Å². The topological polar surface area (TPSA) is 95.9 Å². The number of carbonyl (C=O) groups excluding carboxylic acids is 1. The summed E-state index contributed by atoms with van der Waals surface area (Å²) in [7, 11) is 0. The van der Waals surface area contributed by atoms with E-state index in [1.807, 2.05) is 4.57 Å². The Bertz CT molecular complexity index is 666. The summed E-state index contributed by atoms with van der Waals surface area (Å²) < 4.78 is 6.98. The van der Waals surface area contributed by atoms with Crippen LogP contribution in [-0.4, -0.2) is 32.1 Å². The van der Waals surface area contributed by atoms with Gasteiger partial charge in [-0.3, -0.25) is 4.79 Å². The second-order valence-corrected chi connectivity index (χ2v) is 4.97. The molecule has 7 nitrogen and oxygen atoms in total. The van der Waals surface area contributed by atoms with Crippen molar-refractivity contribution < 1.29 is 9.53 Å². The summed E-state index contributed by atoms with van der Waals surface area (Å²) in [6.45, 7) is 1.13. The fraction of sp³-hybridized carbons (Fsp3) is 0.455. The average molecular weight is 245 g/mol. The molecule has 7 heteroatoms. The lowest BCUT2D eigenvalue weighted by molar-refractivity contribution is -0.145. The first-order valence-electron chi connectivity index (χ1n) is 5.80. The maximum Gasteiger partial charge on any atom is 0.314 e. The molecule has 2 aromatic heterocycles. The predicted octanol–water partition coefficient (Wildman–Crippen LogP) is -0.0284. The van der Waals surface area contributed by atoms with Crippen molar-refractivity contribution in [3.05, 3.63) is 12.5 Å². The number of anilines is 1. The van der Waals surface area contributed by atoms with Gasteiger partial charge in [0, 0.05) is 12.5 Å². The molecule has 1 saturated carbocycles. The molecule has 0 aromatic carbocycles. The van der Waals surface area contributed by atoms with E-state index in [0.29, 0.717) is 24.7 Å². The SMILES string of the molecule is Nc1ncc2c(ncn2C[C@]23C[C@H]2COC3=O)n1. The first-order valence-corrected chi connectivity index (χ1v) is 5.80. The molecule has 1 aliphatic carbocycles. The number of ether oxygens (including phenoxy) is 1. The molecular formula is C11H11N5O2. The van der Waals surface area contributed by atoms with Crippen molar-refractivity contribution in [3.63, 3.8) is 0 Å². The van der Waals surface area contributed by atoms with Crippen LogP contribution in [0, 0.1) is 11.3 Å². The van der Waals surface area contributed by atoms with Gasteiger partial charge in [-0.15, -0.1) is 0 Å². The van der Waals surface area contributed by atoms with Gasteiger partial charge in [0.2, 0.25) is 5.95 Å². The molecule has 2 fully saturated rings. The number of aromatic nitrogens is 4. The highest BCUT2D eigenvalue weighted by atomic mass is 16.5. The number of fused-ring (bicyclic) bond motifs is 2.